The number of hydrogen-bond acceptors (Lipinski definition) is 5. The topological polar surface area (TPSA) is 85.2 Å². The Morgan fingerprint density at radius 1 is 1.00 bits per heavy atom. The van der Waals surface area contributed by atoms with Crippen LogP contribution in [0.5, 0.6) is 23.0 Å². The monoisotopic (exact) mass is 304 g/mol. The molecule has 2 rings (SSSR count). The fourth-order valence-electron chi connectivity index (χ4n) is 1.79. The molecular formula is C16H16O6. The van der Waals surface area contributed by atoms with Gasteiger partial charge in [0.2, 0.25) is 0 Å². The highest BCUT2D eigenvalue weighted by Gasteiger charge is 2.13. The van der Waals surface area contributed by atoms with Crippen molar-refractivity contribution in [1.82, 2.24) is 0 Å². The van der Waals surface area contributed by atoms with Gasteiger partial charge < -0.3 is 24.4 Å². The minimum Gasteiger partial charge on any atom is -0.504 e. The van der Waals surface area contributed by atoms with Crippen LogP contribution in [0.25, 0.3) is 0 Å². The highest BCUT2D eigenvalue weighted by atomic mass is 16.5. The Hall–Kier alpha value is -2.89. The Morgan fingerprint density at radius 3 is 2.27 bits per heavy atom. The summed E-state index contributed by atoms with van der Waals surface area (Å²) in [4.78, 5) is 10.9. The number of rotatable bonds is 7. The molecule has 0 amide bonds. The lowest BCUT2D eigenvalue weighted by Crippen LogP contribution is -2.09. The molecule has 2 N–H and O–H groups in total. The fraction of sp³-hybridized carbons (Fsp3) is 0.188. The number of ether oxygens (including phenoxy) is 3. The van der Waals surface area contributed by atoms with Gasteiger partial charge in [0, 0.05) is 0 Å². The van der Waals surface area contributed by atoms with Gasteiger partial charge in [-0.15, -0.1) is 0 Å². The molecule has 0 aliphatic heterocycles. The Labute approximate surface area is 127 Å². The van der Waals surface area contributed by atoms with Crippen LogP contribution in [-0.2, 0) is 0 Å². The third-order valence-corrected chi connectivity index (χ3v) is 2.90. The summed E-state index contributed by atoms with van der Waals surface area (Å²) >= 11 is 0. The van der Waals surface area contributed by atoms with Gasteiger partial charge in [0.25, 0.3) is 0 Å². The van der Waals surface area contributed by atoms with E-state index in [1.807, 2.05) is 0 Å². The highest BCUT2D eigenvalue weighted by Crippen LogP contribution is 2.29. The van der Waals surface area contributed by atoms with Crippen LogP contribution in [0.2, 0.25) is 0 Å². The number of carboxylic acids is 1. The van der Waals surface area contributed by atoms with E-state index in [2.05, 4.69) is 0 Å². The van der Waals surface area contributed by atoms with Crippen LogP contribution in [-0.4, -0.2) is 36.5 Å². The summed E-state index contributed by atoms with van der Waals surface area (Å²) in [6.45, 7) is 0.422. The average molecular weight is 304 g/mol. The van der Waals surface area contributed by atoms with Gasteiger partial charge in [-0.25, -0.2) is 4.79 Å². The maximum Gasteiger partial charge on any atom is 0.339 e. The molecule has 0 saturated heterocycles. The van der Waals surface area contributed by atoms with E-state index in [4.69, 9.17) is 19.3 Å². The summed E-state index contributed by atoms with van der Waals surface area (Å²) in [7, 11) is 1.58. The van der Waals surface area contributed by atoms with Crippen molar-refractivity contribution in [3.63, 3.8) is 0 Å². The quantitative estimate of drug-likeness (QED) is 0.765. The van der Waals surface area contributed by atoms with Crippen molar-refractivity contribution in [2.45, 2.75) is 0 Å². The molecule has 22 heavy (non-hydrogen) atoms. The standard InChI is InChI=1S/C16H16O6/c1-20-11-5-7-12(8-6-11)21-9-10-22-14-4-2-3-13(15(14)17)16(18)19/h2-8,17H,9-10H2,1H3,(H,18,19). The first-order valence-corrected chi connectivity index (χ1v) is 6.56. The number of carbonyl (C=O) groups is 1. The highest BCUT2D eigenvalue weighted by molar-refractivity contribution is 5.91. The van der Waals surface area contributed by atoms with Crippen molar-refractivity contribution < 1.29 is 29.2 Å². The molecule has 0 atom stereocenters. The Morgan fingerprint density at radius 2 is 1.64 bits per heavy atom. The van der Waals surface area contributed by atoms with Gasteiger partial charge in [0.15, 0.2) is 11.5 Å². The van der Waals surface area contributed by atoms with E-state index in [1.54, 1.807) is 31.4 Å². The van der Waals surface area contributed by atoms with E-state index >= 15 is 0 Å². The molecule has 2 aromatic carbocycles. The maximum absolute atomic E-state index is 10.9. The minimum atomic E-state index is -1.21. The second kappa shape index (κ2) is 7.21. The van der Waals surface area contributed by atoms with E-state index in [0.29, 0.717) is 5.75 Å². The molecule has 0 saturated carbocycles. The van der Waals surface area contributed by atoms with Gasteiger partial charge in [-0.05, 0) is 36.4 Å². The largest absolute Gasteiger partial charge is 0.504 e. The molecule has 0 aromatic heterocycles. The molecule has 0 aliphatic rings. The predicted molar refractivity (Wildman–Crippen MR) is 79.1 cm³/mol. The number of para-hydroxylation sites is 1. The van der Waals surface area contributed by atoms with Gasteiger partial charge in [-0.1, -0.05) is 6.07 Å². The van der Waals surface area contributed by atoms with Crippen LogP contribution in [0.1, 0.15) is 10.4 Å². The van der Waals surface area contributed by atoms with Crippen molar-refractivity contribution >= 4 is 5.97 Å². The Balaban J connectivity index is 1.86. The van der Waals surface area contributed by atoms with E-state index in [-0.39, 0.29) is 30.3 Å². The van der Waals surface area contributed by atoms with E-state index < -0.39 is 5.97 Å². The number of methoxy groups -OCH3 is 1. The van der Waals surface area contributed by atoms with E-state index in [0.717, 1.165) is 5.75 Å². The number of phenols is 1. The first-order chi connectivity index (χ1) is 10.6. The molecule has 0 heterocycles. The minimum absolute atomic E-state index is 0.109. The predicted octanol–water partition coefficient (Wildman–Crippen LogP) is 2.56. The first kappa shape index (κ1) is 15.5. The van der Waals surface area contributed by atoms with Crippen LogP contribution >= 0.6 is 0 Å². The first-order valence-electron chi connectivity index (χ1n) is 6.56. The summed E-state index contributed by atoms with van der Waals surface area (Å²) in [5.74, 6) is -0.0953. The zero-order valence-corrected chi connectivity index (χ0v) is 12.0. The van der Waals surface area contributed by atoms with Gasteiger partial charge in [-0.2, -0.15) is 0 Å². The summed E-state index contributed by atoms with van der Waals surface area (Å²) in [5, 5.41) is 18.7. The van der Waals surface area contributed by atoms with Crippen molar-refractivity contribution in [2.24, 2.45) is 0 Å². The second-order valence-electron chi connectivity index (χ2n) is 4.33. The number of aromatic carboxylic acids is 1. The Kier molecular flexibility index (Phi) is 5.08. The molecule has 2 aromatic rings. The van der Waals surface area contributed by atoms with Crippen LogP contribution < -0.4 is 14.2 Å². The molecule has 0 spiro atoms. The molecule has 0 unspecified atom stereocenters. The smallest absolute Gasteiger partial charge is 0.339 e. The lowest BCUT2D eigenvalue weighted by molar-refractivity contribution is 0.0692. The fourth-order valence-corrected chi connectivity index (χ4v) is 1.79. The van der Waals surface area contributed by atoms with Gasteiger partial charge in [0.1, 0.15) is 30.3 Å². The van der Waals surface area contributed by atoms with E-state index in [1.165, 1.54) is 18.2 Å². The van der Waals surface area contributed by atoms with Crippen molar-refractivity contribution in [3.05, 3.63) is 48.0 Å². The maximum atomic E-state index is 10.9. The summed E-state index contributed by atoms with van der Waals surface area (Å²) < 4.78 is 15.8. The van der Waals surface area contributed by atoms with Gasteiger partial charge >= 0.3 is 5.97 Å². The molecule has 6 nitrogen and oxygen atoms in total. The lowest BCUT2D eigenvalue weighted by Gasteiger charge is -2.11. The van der Waals surface area contributed by atoms with E-state index in [9.17, 15) is 9.90 Å². The number of carboxylic acid groups (broad SMARTS) is 1. The summed E-state index contributed by atoms with van der Waals surface area (Å²) in [5.41, 5.74) is -0.200. The van der Waals surface area contributed by atoms with Crippen molar-refractivity contribution in [1.29, 1.82) is 0 Å². The average Bonchev–Trinajstić information content (AvgIpc) is 2.53. The van der Waals surface area contributed by atoms with Crippen molar-refractivity contribution in [2.75, 3.05) is 20.3 Å². The van der Waals surface area contributed by atoms with Gasteiger partial charge in [0.05, 0.1) is 7.11 Å². The molecule has 0 bridgehead atoms. The summed E-state index contributed by atoms with van der Waals surface area (Å²) in [6.07, 6.45) is 0. The van der Waals surface area contributed by atoms with Gasteiger partial charge in [-0.3, -0.25) is 0 Å². The van der Waals surface area contributed by atoms with Crippen LogP contribution in [0.15, 0.2) is 42.5 Å². The molecule has 6 heteroatoms. The lowest BCUT2D eigenvalue weighted by atomic mass is 10.2. The second-order valence-corrected chi connectivity index (χ2v) is 4.33. The molecule has 116 valence electrons. The third kappa shape index (κ3) is 3.82. The molecule has 0 fully saturated rings. The molecular weight excluding hydrogens is 288 g/mol. The number of hydrogen-bond donors (Lipinski definition) is 2. The zero-order valence-electron chi connectivity index (χ0n) is 12.0. The number of benzene rings is 2. The summed E-state index contributed by atoms with van der Waals surface area (Å²) in [6, 6.07) is 11.4. The third-order valence-electron chi connectivity index (χ3n) is 2.90. The van der Waals surface area contributed by atoms with Crippen molar-refractivity contribution in [3.8, 4) is 23.0 Å². The zero-order chi connectivity index (χ0) is 15.9. The van der Waals surface area contributed by atoms with Crippen LogP contribution in [0, 0.1) is 0 Å². The van der Waals surface area contributed by atoms with Crippen LogP contribution in [0.4, 0.5) is 0 Å². The number of aromatic hydroxyl groups is 1. The normalized spacial score (nSPS) is 10.0. The molecule has 0 aliphatic carbocycles. The Bertz CT molecular complexity index is 636. The van der Waals surface area contributed by atoms with Crippen LogP contribution in [0.3, 0.4) is 0 Å². The SMILES string of the molecule is COc1ccc(OCCOc2cccc(C(=O)O)c2O)cc1. The molecule has 0 radical (unpaired) electrons.